The number of anilines is 1. The molecular formula is C20H19FN4O2S. The summed E-state index contributed by atoms with van der Waals surface area (Å²) in [6.07, 6.45) is 1.43. The number of rotatable bonds is 5. The largest absolute Gasteiger partial charge is 0.379 e. The zero-order valence-corrected chi connectivity index (χ0v) is 16.5. The fourth-order valence-electron chi connectivity index (χ4n) is 2.99. The Bertz CT molecular complexity index is 1200. The lowest BCUT2D eigenvalue weighted by atomic mass is 10.1. The summed E-state index contributed by atoms with van der Waals surface area (Å²) in [5.41, 5.74) is 2.45. The van der Waals surface area contributed by atoms with Gasteiger partial charge in [0.1, 0.15) is 11.9 Å². The Balaban J connectivity index is 2.08. The van der Waals surface area contributed by atoms with Crippen molar-refractivity contribution in [1.82, 2.24) is 9.29 Å². The number of halogens is 1. The topological polar surface area (TPSA) is 86.1 Å². The normalized spacial score (nSPS) is 11.6. The highest BCUT2D eigenvalue weighted by atomic mass is 32.2. The Labute approximate surface area is 163 Å². The summed E-state index contributed by atoms with van der Waals surface area (Å²) < 4.78 is 40.3. The van der Waals surface area contributed by atoms with Crippen molar-refractivity contribution in [3.8, 4) is 6.07 Å². The number of fused-ring (bicyclic) bond motifs is 1. The van der Waals surface area contributed by atoms with Gasteiger partial charge in [0.15, 0.2) is 0 Å². The van der Waals surface area contributed by atoms with E-state index in [9.17, 15) is 18.1 Å². The summed E-state index contributed by atoms with van der Waals surface area (Å²) in [4.78, 5) is 4.43. The van der Waals surface area contributed by atoms with Gasteiger partial charge in [0.2, 0.25) is 10.0 Å². The molecule has 0 spiro atoms. The van der Waals surface area contributed by atoms with Crippen LogP contribution in [0.5, 0.6) is 0 Å². The smallest absolute Gasteiger partial charge is 0.242 e. The minimum atomic E-state index is -3.63. The van der Waals surface area contributed by atoms with E-state index in [1.165, 1.54) is 38.5 Å². The van der Waals surface area contributed by atoms with Crippen molar-refractivity contribution >= 4 is 26.6 Å². The average Bonchev–Trinajstić information content (AvgIpc) is 2.66. The molecule has 0 saturated heterocycles. The van der Waals surface area contributed by atoms with Gasteiger partial charge in [-0.25, -0.2) is 17.1 Å². The fraction of sp³-hybridized carbons (Fsp3) is 0.200. The van der Waals surface area contributed by atoms with Crippen LogP contribution in [0, 0.1) is 24.1 Å². The van der Waals surface area contributed by atoms with E-state index in [4.69, 9.17) is 0 Å². The summed E-state index contributed by atoms with van der Waals surface area (Å²) in [6.45, 7) is 1.89. The standard InChI is InChI=1S/C20H19FN4O2S/c1-13-8-16(21)9-17-19(13)23-12-15(10-22)20(17)24-11-14-6-4-5-7-18(14)28(26,27)25(2)3/h4-9,12H,11H2,1-3H3,(H,23,24). The van der Waals surface area contributed by atoms with Crippen LogP contribution in [0.1, 0.15) is 16.7 Å². The van der Waals surface area contributed by atoms with E-state index >= 15 is 0 Å². The lowest BCUT2D eigenvalue weighted by Gasteiger charge is -2.17. The van der Waals surface area contributed by atoms with Crippen molar-refractivity contribution in [2.75, 3.05) is 19.4 Å². The van der Waals surface area contributed by atoms with Gasteiger partial charge in [0.05, 0.1) is 21.7 Å². The highest BCUT2D eigenvalue weighted by Gasteiger charge is 2.21. The predicted octanol–water partition coefficient (Wildman–Crippen LogP) is 3.42. The zero-order chi connectivity index (χ0) is 20.5. The van der Waals surface area contributed by atoms with E-state index in [2.05, 4.69) is 16.4 Å². The summed E-state index contributed by atoms with van der Waals surface area (Å²) in [5, 5.41) is 13.0. The van der Waals surface area contributed by atoms with Crippen molar-refractivity contribution in [3.05, 3.63) is 65.1 Å². The monoisotopic (exact) mass is 398 g/mol. The number of pyridine rings is 1. The van der Waals surface area contributed by atoms with E-state index in [1.807, 2.05) is 0 Å². The third-order valence-electron chi connectivity index (χ3n) is 4.43. The maximum atomic E-state index is 14.0. The number of sulfonamides is 1. The number of aryl methyl sites for hydroxylation is 1. The molecule has 0 aliphatic heterocycles. The second kappa shape index (κ2) is 7.54. The Morgan fingerprint density at radius 1 is 1.25 bits per heavy atom. The van der Waals surface area contributed by atoms with Gasteiger partial charge in [0.25, 0.3) is 0 Å². The van der Waals surface area contributed by atoms with Gasteiger partial charge in [-0.15, -0.1) is 0 Å². The molecule has 2 aromatic carbocycles. The lowest BCUT2D eigenvalue weighted by molar-refractivity contribution is 0.520. The number of aromatic nitrogens is 1. The number of nitrogens with one attached hydrogen (secondary N) is 1. The van der Waals surface area contributed by atoms with Gasteiger partial charge in [-0.2, -0.15) is 5.26 Å². The van der Waals surface area contributed by atoms with Gasteiger partial charge in [-0.3, -0.25) is 4.98 Å². The van der Waals surface area contributed by atoms with Crippen LogP contribution in [-0.2, 0) is 16.6 Å². The Kier molecular flexibility index (Phi) is 5.31. The first-order valence-corrected chi connectivity index (χ1v) is 9.93. The number of nitrogens with zero attached hydrogens (tertiary/aromatic N) is 3. The molecule has 0 aliphatic carbocycles. The van der Waals surface area contributed by atoms with E-state index in [-0.39, 0.29) is 17.0 Å². The molecule has 0 radical (unpaired) electrons. The number of nitriles is 1. The number of hydrogen-bond acceptors (Lipinski definition) is 5. The molecule has 0 amide bonds. The van der Waals surface area contributed by atoms with Crippen LogP contribution in [-0.4, -0.2) is 31.8 Å². The first kappa shape index (κ1) is 19.7. The van der Waals surface area contributed by atoms with E-state index in [1.54, 1.807) is 25.1 Å². The minimum Gasteiger partial charge on any atom is -0.379 e. The van der Waals surface area contributed by atoms with Gasteiger partial charge in [0, 0.05) is 32.2 Å². The predicted molar refractivity (Wildman–Crippen MR) is 106 cm³/mol. The summed E-state index contributed by atoms with van der Waals surface area (Å²) >= 11 is 0. The van der Waals surface area contributed by atoms with Gasteiger partial charge >= 0.3 is 0 Å². The van der Waals surface area contributed by atoms with Crippen LogP contribution in [0.15, 0.2) is 47.5 Å². The van der Waals surface area contributed by atoms with Crippen LogP contribution in [0.4, 0.5) is 10.1 Å². The van der Waals surface area contributed by atoms with Gasteiger partial charge in [-0.1, -0.05) is 18.2 Å². The molecule has 0 fully saturated rings. The highest BCUT2D eigenvalue weighted by Crippen LogP contribution is 2.29. The van der Waals surface area contributed by atoms with Gasteiger partial charge in [-0.05, 0) is 36.2 Å². The zero-order valence-electron chi connectivity index (χ0n) is 15.7. The third-order valence-corrected chi connectivity index (χ3v) is 6.35. The van der Waals surface area contributed by atoms with Crippen molar-refractivity contribution in [1.29, 1.82) is 5.26 Å². The number of benzene rings is 2. The molecule has 8 heteroatoms. The molecule has 0 saturated carbocycles. The molecule has 3 rings (SSSR count). The van der Waals surface area contributed by atoms with Crippen molar-refractivity contribution < 1.29 is 12.8 Å². The molecule has 0 unspecified atom stereocenters. The Morgan fingerprint density at radius 3 is 2.64 bits per heavy atom. The van der Waals surface area contributed by atoms with E-state index in [0.29, 0.717) is 27.7 Å². The number of hydrogen-bond donors (Lipinski definition) is 1. The van der Waals surface area contributed by atoms with E-state index in [0.717, 1.165) is 4.31 Å². The molecule has 1 heterocycles. The maximum absolute atomic E-state index is 14.0. The van der Waals surface area contributed by atoms with Crippen LogP contribution in [0.3, 0.4) is 0 Å². The van der Waals surface area contributed by atoms with Crippen molar-refractivity contribution in [2.45, 2.75) is 18.4 Å². The summed E-state index contributed by atoms with van der Waals surface area (Å²) in [7, 11) is -0.693. The third kappa shape index (κ3) is 3.54. The van der Waals surface area contributed by atoms with Crippen molar-refractivity contribution in [3.63, 3.8) is 0 Å². The molecule has 0 bridgehead atoms. The molecule has 1 aromatic heterocycles. The SMILES string of the molecule is Cc1cc(F)cc2c(NCc3ccccc3S(=O)(=O)N(C)C)c(C#N)cnc12. The molecule has 144 valence electrons. The lowest BCUT2D eigenvalue weighted by Crippen LogP contribution is -2.23. The van der Waals surface area contributed by atoms with Gasteiger partial charge < -0.3 is 5.32 Å². The average molecular weight is 398 g/mol. The first-order valence-electron chi connectivity index (χ1n) is 8.49. The molecule has 6 nitrogen and oxygen atoms in total. The van der Waals surface area contributed by atoms with Crippen LogP contribution < -0.4 is 5.32 Å². The molecule has 0 aliphatic rings. The fourth-order valence-corrected chi connectivity index (χ4v) is 4.11. The van der Waals surface area contributed by atoms with Crippen LogP contribution in [0.2, 0.25) is 0 Å². The van der Waals surface area contributed by atoms with Crippen molar-refractivity contribution in [2.24, 2.45) is 0 Å². The maximum Gasteiger partial charge on any atom is 0.242 e. The Hall–Kier alpha value is -3.02. The molecule has 3 aromatic rings. The minimum absolute atomic E-state index is 0.145. The molecule has 0 atom stereocenters. The highest BCUT2D eigenvalue weighted by molar-refractivity contribution is 7.89. The molecular weight excluding hydrogens is 379 g/mol. The van der Waals surface area contributed by atoms with E-state index < -0.39 is 15.8 Å². The first-order chi connectivity index (χ1) is 13.3. The Morgan fingerprint density at radius 2 is 1.96 bits per heavy atom. The second-order valence-electron chi connectivity index (χ2n) is 6.53. The molecule has 1 N–H and O–H groups in total. The second-order valence-corrected chi connectivity index (χ2v) is 8.65. The quantitative estimate of drug-likeness (QED) is 0.712. The molecule has 28 heavy (non-hydrogen) atoms. The summed E-state index contributed by atoms with van der Waals surface area (Å²) in [5.74, 6) is -0.430. The van der Waals surface area contributed by atoms with Crippen LogP contribution >= 0.6 is 0 Å². The summed E-state index contributed by atoms with van der Waals surface area (Å²) in [6, 6.07) is 11.4. The van der Waals surface area contributed by atoms with Crippen LogP contribution in [0.25, 0.3) is 10.9 Å².